The number of hydrogen-bond donors (Lipinski definition) is 3. The van der Waals surface area contributed by atoms with Gasteiger partial charge in [-0.1, -0.05) is 0 Å². The molecule has 0 bridgehead atoms. The van der Waals surface area contributed by atoms with Gasteiger partial charge in [-0.2, -0.15) is 0 Å². The number of benzene rings is 1. The molecule has 0 atom stereocenters. The molecule has 0 unspecified atom stereocenters. The van der Waals surface area contributed by atoms with Gasteiger partial charge in [0.2, 0.25) is 0 Å². The van der Waals surface area contributed by atoms with Gasteiger partial charge in [-0.15, -0.1) is 0 Å². The lowest BCUT2D eigenvalue weighted by Gasteiger charge is -2.26. The monoisotopic (exact) mass is 299 g/mol. The Morgan fingerprint density at radius 1 is 1.05 bits per heavy atom. The van der Waals surface area contributed by atoms with Gasteiger partial charge in [-0.25, -0.2) is 0 Å². The molecule has 0 heterocycles. The molecule has 1 amide bonds. The van der Waals surface area contributed by atoms with Gasteiger partial charge in [0.1, 0.15) is 5.75 Å². The van der Waals surface area contributed by atoms with Crippen LogP contribution < -0.4 is 19.5 Å². The van der Waals surface area contributed by atoms with Crippen molar-refractivity contribution in [2.45, 2.75) is 12.5 Å². The van der Waals surface area contributed by atoms with Crippen molar-refractivity contribution in [2.24, 2.45) is 0 Å². The predicted octanol–water partition coefficient (Wildman–Crippen LogP) is 0.186. The smallest absolute Gasteiger partial charge is 0.255 e. The zero-order valence-corrected chi connectivity index (χ0v) is 12.6. The van der Waals surface area contributed by atoms with Gasteiger partial charge in [0.05, 0.1) is 45.6 Å². The average molecular weight is 299 g/mol. The zero-order chi connectivity index (χ0) is 16.0. The summed E-state index contributed by atoms with van der Waals surface area (Å²) in [5.74, 6) is 0.595. The summed E-state index contributed by atoms with van der Waals surface area (Å²) >= 11 is 0. The molecule has 0 radical (unpaired) electrons. The molecule has 0 saturated heterocycles. The van der Waals surface area contributed by atoms with Crippen LogP contribution in [0.5, 0.6) is 17.2 Å². The predicted molar refractivity (Wildman–Crippen MR) is 76.1 cm³/mol. The SMILES string of the molecule is COc1cc(OC)c(C(=O)NC(C)(CO)CO)cc1OC. The molecule has 0 aliphatic heterocycles. The minimum Gasteiger partial charge on any atom is -0.496 e. The molecule has 7 heteroatoms. The fourth-order valence-electron chi connectivity index (χ4n) is 1.68. The standard InChI is InChI=1S/C14H21NO6/c1-14(7-16,8-17)15-13(18)9-5-11(20-3)12(21-4)6-10(9)19-2/h5-6,16-17H,7-8H2,1-4H3,(H,15,18). The first-order chi connectivity index (χ1) is 9.94. The highest BCUT2D eigenvalue weighted by Crippen LogP contribution is 2.34. The normalized spacial score (nSPS) is 11.0. The Morgan fingerprint density at radius 3 is 1.95 bits per heavy atom. The maximum absolute atomic E-state index is 12.3. The van der Waals surface area contributed by atoms with Crippen molar-refractivity contribution in [3.05, 3.63) is 17.7 Å². The van der Waals surface area contributed by atoms with Crippen LogP contribution in [0, 0.1) is 0 Å². The van der Waals surface area contributed by atoms with Gasteiger partial charge in [0.25, 0.3) is 5.91 Å². The first-order valence-corrected chi connectivity index (χ1v) is 6.29. The van der Waals surface area contributed by atoms with Gasteiger partial charge < -0.3 is 29.7 Å². The molecule has 0 aliphatic rings. The summed E-state index contributed by atoms with van der Waals surface area (Å²) in [5.41, 5.74) is -0.918. The van der Waals surface area contributed by atoms with Crippen molar-refractivity contribution in [3.8, 4) is 17.2 Å². The first-order valence-electron chi connectivity index (χ1n) is 6.29. The Balaban J connectivity index is 3.19. The van der Waals surface area contributed by atoms with Crippen LogP contribution in [0.4, 0.5) is 0 Å². The van der Waals surface area contributed by atoms with Crippen LogP contribution in [-0.4, -0.2) is 56.2 Å². The molecule has 7 nitrogen and oxygen atoms in total. The lowest BCUT2D eigenvalue weighted by molar-refractivity contribution is 0.0721. The molecule has 118 valence electrons. The summed E-state index contributed by atoms with van der Waals surface area (Å²) < 4.78 is 15.5. The molecule has 1 rings (SSSR count). The maximum atomic E-state index is 12.3. The molecular weight excluding hydrogens is 278 g/mol. The topological polar surface area (TPSA) is 97.3 Å². The Labute approximate surface area is 123 Å². The molecule has 0 fully saturated rings. The fourth-order valence-corrected chi connectivity index (χ4v) is 1.68. The van der Waals surface area contributed by atoms with Gasteiger partial charge in [-0.05, 0) is 6.92 Å². The van der Waals surface area contributed by atoms with E-state index in [9.17, 15) is 15.0 Å². The van der Waals surface area contributed by atoms with Crippen LogP contribution in [0.3, 0.4) is 0 Å². The van der Waals surface area contributed by atoms with E-state index >= 15 is 0 Å². The molecule has 0 saturated carbocycles. The number of nitrogens with one attached hydrogen (secondary N) is 1. The first kappa shape index (κ1) is 17.1. The Morgan fingerprint density at radius 2 is 1.52 bits per heavy atom. The van der Waals surface area contributed by atoms with E-state index in [1.165, 1.54) is 40.4 Å². The van der Waals surface area contributed by atoms with Crippen LogP contribution >= 0.6 is 0 Å². The zero-order valence-electron chi connectivity index (χ0n) is 12.6. The molecule has 0 aromatic heterocycles. The second-order valence-electron chi connectivity index (χ2n) is 4.74. The Hall–Kier alpha value is -1.99. The van der Waals surface area contributed by atoms with Gasteiger partial charge in [0, 0.05) is 12.1 Å². The largest absolute Gasteiger partial charge is 0.496 e. The van der Waals surface area contributed by atoms with E-state index in [-0.39, 0.29) is 5.56 Å². The number of amides is 1. The maximum Gasteiger partial charge on any atom is 0.255 e. The fraction of sp³-hybridized carbons (Fsp3) is 0.500. The third-order valence-corrected chi connectivity index (χ3v) is 3.06. The third-order valence-electron chi connectivity index (χ3n) is 3.06. The number of aliphatic hydroxyl groups is 2. The number of methoxy groups -OCH3 is 3. The van der Waals surface area contributed by atoms with Crippen molar-refractivity contribution >= 4 is 5.91 Å². The molecule has 0 spiro atoms. The second-order valence-corrected chi connectivity index (χ2v) is 4.74. The second kappa shape index (κ2) is 7.14. The average Bonchev–Trinajstić information content (AvgIpc) is 2.52. The van der Waals surface area contributed by atoms with E-state index in [0.717, 1.165) is 0 Å². The summed E-state index contributed by atoms with van der Waals surface area (Å²) in [7, 11) is 4.36. The van der Waals surface area contributed by atoms with E-state index in [0.29, 0.717) is 17.2 Å². The van der Waals surface area contributed by atoms with Crippen LogP contribution in [0.25, 0.3) is 0 Å². The Bertz CT molecular complexity index is 498. The summed E-state index contributed by atoms with van der Waals surface area (Å²) in [5, 5.41) is 21.0. The molecule has 0 aliphatic carbocycles. The highest BCUT2D eigenvalue weighted by Gasteiger charge is 2.27. The minimum absolute atomic E-state index is 0.211. The highest BCUT2D eigenvalue weighted by atomic mass is 16.5. The van der Waals surface area contributed by atoms with Crippen LogP contribution in [0.2, 0.25) is 0 Å². The number of carbonyl (C=O) groups excluding carboxylic acids is 1. The van der Waals surface area contributed by atoms with Crippen molar-refractivity contribution < 1.29 is 29.2 Å². The van der Waals surface area contributed by atoms with E-state index in [1.54, 1.807) is 0 Å². The summed E-state index contributed by atoms with van der Waals surface area (Å²) in [6.07, 6.45) is 0. The van der Waals surface area contributed by atoms with Crippen molar-refractivity contribution in [1.82, 2.24) is 5.32 Å². The summed E-state index contributed by atoms with van der Waals surface area (Å²) in [6.45, 7) is 0.730. The lowest BCUT2D eigenvalue weighted by Crippen LogP contribution is -2.51. The van der Waals surface area contributed by atoms with E-state index < -0.39 is 24.7 Å². The molecule has 3 N–H and O–H groups in total. The number of carbonyl (C=O) groups is 1. The number of hydrogen-bond acceptors (Lipinski definition) is 6. The highest BCUT2D eigenvalue weighted by molar-refractivity contribution is 5.98. The van der Waals surface area contributed by atoms with E-state index in [2.05, 4.69) is 5.32 Å². The van der Waals surface area contributed by atoms with Crippen molar-refractivity contribution in [1.29, 1.82) is 0 Å². The van der Waals surface area contributed by atoms with Gasteiger partial charge in [-0.3, -0.25) is 4.79 Å². The molecule has 1 aromatic carbocycles. The van der Waals surface area contributed by atoms with Crippen LogP contribution in [0.1, 0.15) is 17.3 Å². The molecule has 1 aromatic rings. The Kier molecular flexibility index (Phi) is 5.80. The van der Waals surface area contributed by atoms with Crippen LogP contribution in [0.15, 0.2) is 12.1 Å². The van der Waals surface area contributed by atoms with Crippen LogP contribution in [-0.2, 0) is 0 Å². The van der Waals surface area contributed by atoms with Gasteiger partial charge in [0.15, 0.2) is 11.5 Å². The molecule has 21 heavy (non-hydrogen) atoms. The van der Waals surface area contributed by atoms with E-state index in [4.69, 9.17) is 14.2 Å². The van der Waals surface area contributed by atoms with Gasteiger partial charge >= 0.3 is 0 Å². The quantitative estimate of drug-likeness (QED) is 0.665. The third kappa shape index (κ3) is 3.77. The molecular formula is C14H21NO6. The lowest BCUT2D eigenvalue weighted by atomic mass is 10.0. The van der Waals surface area contributed by atoms with E-state index in [1.807, 2.05) is 0 Å². The summed E-state index contributed by atoms with van der Waals surface area (Å²) in [6, 6.07) is 3.01. The summed E-state index contributed by atoms with van der Waals surface area (Å²) in [4.78, 5) is 12.3. The van der Waals surface area contributed by atoms with Crippen molar-refractivity contribution in [2.75, 3.05) is 34.5 Å². The number of ether oxygens (including phenoxy) is 3. The van der Waals surface area contributed by atoms with Crippen molar-refractivity contribution in [3.63, 3.8) is 0 Å². The number of rotatable bonds is 7. The number of aliphatic hydroxyl groups excluding tert-OH is 2. The minimum atomic E-state index is -1.13.